The van der Waals surface area contributed by atoms with Crippen LogP contribution in [0.15, 0.2) is 73.3 Å². The number of aromatic nitrogens is 2. The lowest BCUT2D eigenvalue weighted by molar-refractivity contribution is 0.102. The van der Waals surface area contributed by atoms with Gasteiger partial charge in [0.05, 0.1) is 11.8 Å². The van der Waals surface area contributed by atoms with Gasteiger partial charge in [-0.15, -0.1) is 6.58 Å². The molecule has 3 rings (SSSR count). The van der Waals surface area contributed by atoms with Crippen LogP contribution in [-0.4, -0.2) is 28.5 Å². The van der Waals surface area contributed by atoms with Gasteiger partial charge in [-0.25, -0.2) is 9.97 Å². The number of carbonyl (C=O) groups excluding carboxylic acids is 1. The van der Waals surface area contributed by atoms with Crippen molar-refractivity contribution in [2.75, 3.05) is 17.2 Å². The summed E-state index contributed by atoms with van der Waals surface area (Å²) >= 11 is 0. The van der Waals surface area contributed by atoms with Crippen LogP contribution in [0.3, 0.4) is 0 Å². The van der Waals surface area contributed by atoms with Crippen molar-refractivity contribution >= 4 is 17.4 Å². The van der Waals surface area contributed by atoms with E-state index in [1.807, 2.05) is 62.4 Å². The van der Waals surface area contributed by atoms with Crippen molar-refractivity contribution in [1.29, 1.82) is 0 Å². The average Bonchev–Trinajstić information content (AvgIpc) is 2.73. The highest BCUT2D eigenvalue weighted by molar-refractivity contribution is 6.04. The molecule has 0 aliphatic heterocycles. The number of nitrogens with one attached hydrogen (secondary N) is 2. The summed E-state index contributed by atoms with van der Waals surface area (Å²) < 4.78 is 5.78. The molecule has 0 radical (unpaired) electrons. The highest BCUT2D eigenvalue weighted by Gasteiger charge is 2.15. The SMILES string of the molecule is C=CCNc1cc(C(=O)Nc2ccccc2OC(C)C)nc(-c2ccccc2)n1. The summed E-state index contributed by atoms with van der Waals surface area (Å²) in [6, 6.07) is 18.5. The lowest BCUT2D eigenvalue weighted by atomic mass is 10.2. The van der Waals surface area contributed by atoms with Crippen LogP contribution in [0, 0.1) is 0 Å². The second kappa shape index (κ2) is 9.50. The third-order valence-electron chi connectivity index (χ3n) is 3.92. The molecule has 0 atom stereocenters. The molecule has 6 nitrogen and oxygen atoms in total. The molecule has 0 spiro atoms. The molecule has 0 saturated heterocycles. The third kappa shape index (κ3) is 5.42. The highest BCUT2D eigenvalue weighted by Crippen LogP contribution is 2.26. The summed E-state index contributed by atoms with van der Waals surface area (Å²) in [5.41, 5.74) is 1.67. The number of anilines is 2. The molecule has 1 aromatic heterocycles. The molecule has 148 valence electrons. The van der Waals surface area contributed by atoms with Crippen molar-refractivity contribution in [1.82, 2.24) is 9.97 Å². The molecule has 6 heteroatoms. The number of nitrogens with zero attached hydrogens (tertiary/aromatic N) is 2. The maximum absolute atomic E-state index is 13.0. The van der Waals surface area contributed by atoms with Crippen molar-refractivity contribution in [3.63, 3.8) is 0 Å². The molecule has 0 unspecified atom stereocenters. The van der Waals surface area contributed by atoms with Gasteiger partial charge in [0.15, 0.2) is 5.82 Å². The molecule has 0 aliphatic rings. The zero-order valence-electron chi connectivity index (χ0n) is 16.6. The van der Waals surface area contributed by atoms with Gasteiger partial charge in [-0.2, -0.15) is 0 Å². The maximum Gasteiger partial charge on any atom is 0.274 e. The lowest BCUT2D eigenvalue weighted by Crippen LogP contribution is -2.17. The van der Waals surface area contributed by atoms with Gasteiger partial charge in [0.1, 0.15) is 17.3 Å². The molecule has 29 heavy (non-hydrogen) atoms. The molecule has 0 fully saturated rings. The van der Waals surface area contributed by atoms with Crippen LogP contribution in [-0.2, 0) is 0 Å². The first kappa shape index (κ1) is 20.1. The van der Waals surface area contributed by atoms with Gasteiger partial charge in [0, 0.05) is 18.2 Å². The topological polar surface area (TPSA) is 76.1 Å². The van der Waals surface area contributed by atoms with Gasteiger partial charge < -0.3 is 15.4 Å². The number of hydrogen-bond acceptors (Lipinski definition) is 5. The molecular formula is C23H24N4O2. The summed E-state index contributed by atoms with van der Waals surface area (Å²) in [6.45, 7) is 8.10. The van der Waals surface area contributed by atoms with Crippen molar-refractivity contribution < 1.29 is 9.53 Å². The van der Waals surface area contributed by atoms with Crippen molar-refractivity contribution in [2.24, 2.45) is 0 Å². The number of benzene rings is 2. The molecule has 0 saturated carbocycles. The first-order valence-electron chi connectivity index (χ1n) is 9.43. The number of para-hydroxylation sites is 2. The first-order chi connectivity index (χ1) is 14.1. The van der Waals surface area contributed by atoms with Gasteiger partial charge in [-0.3, -0.25) is 4.79 Å². The minimum absolute atomic E-state index is 0.00788. The zero-order valence-corrected chi connectivity index (χ0v) is 16.6. The van der Waals surface area contributed by atoms with Crippen molar-refractivity contribution in [3.05, 3.63) is 79.0 Å². The summed E-state index contributed by atoms with van der Waals surface area (Å²) in [7, 11) is 0. The average molecular weight is 388 g/mol. The van der Waals surface area contributed by atoms with Crippen LogP contribution >= 0.6 is 0 Å². The second-order valence-corrected chi connectivity index (χ2v) is 6.61. The quantitative estimate of drug-likeness (QED) is 0.543. The first-order valence-corrected chi connectivity index (χ1v) is 9.43. The van der Waals surface area contributed by atoms with E-state index in [2.05, 4.69) is 27.2 Å². The van der Waals surface area contributed by atoms with Crippen LogP contribution < -0.4 is 15.4 Å². The van der Waals surface area contributed by atoms with Gasteiger partial charge in [-0.05, 0) is 26.0 Å². The predicted octanol–water partition coefficient (Wildman–Crippen LogP) is 4.78. The number of hydrogen-bond donors (Lipinski definition) is 2. The Morgan fingerprint density at radius 3 is 2.55 bits per heavy atom. The summed E-state index contributed by atoms with van der Waals surface area (Å²) in [5, 5.41) is 6.02. The predicted molar refractivity (Wildman–Crippen MR) is 116 cm³/mol. The van der Waals surface area contributed by atoms with E-state index in [4.69, 9.17) is 4.74 Å². The molecule has 2 N–H and O–H groups in total. The van der Waals surface area contributed by atoms with E-state index in [-0.39, 0.29) is 17.7 Å². The minimum atomic E-state index is -0.342. The van der Waals surface area contributed by atoms with Crippen molar-refractivity contribution in [2.45, 2.75) is 20.0 Å². The van der Waals surface area contributed by atoms with E-state index in [1.165, 1.54) is 0 Å². The van der Waals surface area contributed by atoms with E-state index in [9.17, 15) is 4.79 Å². The van der Waals surface area contributed by atoms with Gasteiger partial charge >= 0.3 is 0 Å². The zero-order chi connectivity index (χ0) is 20.6. The van der Waals surface area contributed by atoms with Crippen molar-refractivity contribution in [3.8, 4) is 17.1 Å². The number of rotatable bonds is 8. The molecule has 2 aromatic carbocycles. The van der Waals surface area contributed by atoms with Crippen LogP contribution in [0.5, 0.6) is 5.75 Å². The second-order valence-electron chi connectivity index (χ2n) is 6.61. The van der Waals surface area contributed by atoms with Gasteiger partial charge in [0.2, 0.25) is 0 Å². The summed E-state index contributed by atoms with van der Waals surface area (Å²) in [5.74, 6) is 1.29. The number of amides is 1. The Labute approximate surface area is 170 Å². The van der Waals surface area contributed by atoms with Crippen LogP contribution in [0.25, 0.3) is 11.4 Å². The molecule has 1 heterocycles. The van der Waals surface area contributed by atoms with E-state index >= 15 is 0 Å². The van der Waals surface area contributed by atoms with Crippen LogP contribution in [0.4, 0.5) is 11.5 Å². The Hall–Kier alpha value is -3.67. The normalized spacial score (nSPS) is 10.4. The standard InChI is InChI=1S/C23H24N4O2/c1-4-14-24-21-15-19(25-22(27-21)17-10-6-5-7-11-17)23(28)26-18-12-8-9-13-20(18)29-16(2)3/h4-13,15-16H,1,14H2,2-3H3,(H,26,28)(H,24,25,27). The largest absolute Gasteiger partial charge is 0.489 e. The summed E-state index contributed by atoms with van der Waals surface area (Å²) in [6.07, 6.45) is 1.72. The Kier molecular flexibility index (Phi) is 6.58. The van der Waals surface area contributed by atoms with Crippen LogP contribution in [0.1, 0.15) is 24.3 Å². The molecule has 0 bridgehead atoms. The summed E-state index contributed by atoms with van der Waals surface area (Å²) in [4.78, 5) is 21.9. The molecule has 3 aromatic rings. The monoisotopic (exact) mass is 388 g/mol. The number of carbonyl (C=O) groups is 1. The molecule has 0 aliphatic carbocycles. The highest BCUT2D eigenvalue weighted by atomic mass is 16.5. The Morgan fingerprint density at radius 2 is 1.83 bits per heavy atom. The van der Waals surface area contributed by atoms with Crippen LogP contribution in [0.2, 0.25) is 0 Å². The Balaban J connectivity index is 1.93. The van der Waals surface area contributed by atoms with E-state index < -0.39 is 0 Å². The van der Waals surface area contributed by atoms with Gasteiger partial charge in [0.25, 0.3) is 5.91 Å². The Bertz CT molecular complexity index is 987. The Morgan fingerprint density at radius 1 is 1.10 bits per heavy atom. The lowest BCUT2D eigenvalue weighted by Gasteiger charge is -2.15. The fourth-order valence-electron chi connectivity index (χ4n) is 2.66. The van der Waals surface area contributed by atoms with Gasteiger partial charge in [-0.1, -0.05) is 48.5 Å². The smallest absolute Gasteiger partial charge is 0.274 e. The molecule has 1 amide bonds. The molecular weight excluding hydrogens is 364 g/mol. The maximum atomic E-state index is 13.0. The van der Waals surface area contributed by atoms with E-state index in [0.717, 1.165) is 5.56 Å². The van der Waals surface area contributed by atoms with E-state index in [1.54, 1.807) is 18.2 Å². The fourth-order valence-corrected chi connectivity index (χ4v) is 2.66. The minimum Gasteiger partial charge on any atom is -0.489 e. The number of ether oxygens (including phenoxy) is 1. The van der Waals surface area contributed by atoms with E-state index in [0.29, 0.717) is 29.6 Å². The fraction of sp³-hybridized carbons (Fsp3) is 0.174. The third-order valence-corrected chi connectivity index (χ3v) is 3.92.